The number of halogens is 1. The highest BCUT2D eigenvalue weighted by Gasteiger charge is 2.11. The van der Waals surface area contributed by atoms with Gasteiger partial charge in [-0.2, -0.15) is 5.10 Å². The van der Waals surface area contributed by atoms with E-state index >= 15 is 0 Å². The lowest BCUT2D eigenvalue weighted by Crippen LogP contribution is -2.16. The molecule has 0 radical (unpaired) electrons. The van der Waals surface area contributed by atoms with E-state index in [1.165, 1.54) is 30.5 Å². The number of nitrogens with zero attached hydrogens (tertiary/aromatic N) is 1. The number of nitrogens with one attached hydrogen (secondary N) is 1. The molecule has 0 atom stereocenters. The third-order valence-corrected chi connectivity index (χ3v) is 3.27. The van der Waals surface area contributed by atoms with Gasteiger partial charge in [0.1, 0.15) is 17.3 Å². The van der Waals surface area contributed by atoms with E-state index in [-0.39, 0.29) is 17.3 Å². The van der Waals surface area contributed by atoms with Crippen LogP contribution in [0.4, 0.5) is 4.39 Å². The van der Waals surface area contributed by atoms with Gasteiger partial charge in [-0.1, -0.05) is 12.1 Å². The molecule has 5 nitrogen and oxygen atoms in total. The van der Waals surface area contributed by atoms with Gasteiger partial charge in [-0.3, -0.25) is 4.79 Å². The molecule has 1 amide bonds. The van der Waals surface area contributed by atoms with E-state index in [1.807, 2.05) is 0 Å². The van der Waals surface area contributed by atoms with Crippen LogP contribution in [0.25, 0.3) is 11.3 Å². The summed E-state index contributed by atoms with van der Waals surface area (Å²) >= 11 is 0. The highest BCUT2D eigenvalue weighted by atomic mass is 19.1. The maximum Gasteiger partial charge on any atom is 0.307 e. The smallest absolute Gasteiger partial charge is 0.307 e. The Balaban J connectivity index is 1.68. The van der Waals surface area contributed by atoms with Gasteiger partial charge >= 0.3 is 5.91 Å². The summed E-state index contributed by atoms with van der Waals surface area (Å²) in [6, 6.07) is 15.5. The third-order valence-electron chi connectivity index (χ3n) is 3.27. The molecule has 0 unspecified atom stereocenters. The fourth-order valence-corrected chi connectivity index (χ4v) is 2.04. The number of carbonyl (C=O) groups is 1. The molecule has 6 heteroatoms. The van der Waals surface area contributed by atoms with Gasteiger partial charge in [0.25, 0.3) is 0 Å². The molecule has 24 heavy (non-hydrogen) atoms. The van der Waals surface area contributed by atoms with Crippen LogP contribution in [-0.2, 0) is 0 Å². The number of hydrazone groups is 1. The first-order valence-electron chi connectivity index (χ1n) is 7.10. The van der Waals surface area contributed by atoms with Crippen molar-refractivity contribution < 1.29 is 18.7 Å². The molecule has 3 rings (SSSR count). The normalized spacial score (nSPS) is 10.9. The number of amides is 1. The predicted octanol–water partition coefficient (Wildman–Crippen LogP) is 3.56. The molecule has 3 aromatic rings. The maximum absolute atomic E-state index is 12.9. The minimum atomic E-state index is -0.532. The Morgan fingerprint density at radius 3 is 2.58 bits per heavy atom. The van der Waals surface area contributed by atoms with Crippen molar-refractivity contribution >= 4 is 12.1 Å². The van der Waals surface area contributed by atoms with Crippen LogP contribution in [0.1, 0.15) is 16.1 Å². The van der Waals surface area contributed by atoms with Crippen molar-refractivity contribution in [1.29, 1.82) is 0 Å². The van der Waals surface area contributed by atoms with E-state index in [4.69, 9.17) is 4.42 Å². The lowest BCUT2D eigenvalue weighted by molar-refractivity contribution is 0.0928. The zero-order chi connectivity index (χ0) is 16.9. The zero-order valence-electron chi connectivity index (χ0n) is 12.4. The Hall–Kier alpha value is -3.41. The van der Waals surface area contributed by atoms with Gasteiger partial charge in [-0.25, -0.2) is 9.82 Å². The number of hydrogen-bond acceptors (Lipinski definition) is 4. The molecule has 0 aliphatic carbocycles. The lowest BCUT2D eigenvalue weighted by Gasteiger charge is -1.99. The number of aromatic hydroxyl groups is 1. The van der Waals surface area contributed by atoms with Crippen molar-refractivity contribution in [2.24, 2.45) is 5.10 Å². The fraction of sp³-hybridized carbons (Fsp3) is 0. The fourth-order valence-electron chi connectivity index (χ4n) is 2.04. The van der Waals surface area contributed by atoms with Crippen molar-refractivity contribution in [2.45, 2.75) is 0 Å². The molecule has 0 bridgehead atoms. The number of phenols is 1. The molecule has 0 fully saturated rings. The highest BCUT2D eigenvalue weighted by Crippen LogP contribution is 2.22. The summed E-state index contributed by atoms with van der Waals surface area (Å²) in [7, 11) is 0. The Bertz CT molecular complexity index is 885. The third kappa shape index (κ3) is 3.49. The summed E-state index contributed by atoms with van der Waals surface area (Å²) in [5.74, 6) is -0.294. The van der Waals surface area contributed by atoms with Crippen LogP contribution in [0.5, 0.6) is 5.75 Å². The quantitative estimate of drug-likeness (QED) is 0.569. The summed E-state index contributed by atoms with van der Waals surface area (Å²) in [5.41, 5.74) is 3.45. The van der Waals surface area contributed by atoms with Crippen LogP contribution < -0.4 is 5.43 Å². The van der Waals surface area contributed by atoms with Crippen LogP contribution >= 0.6 is 0 Å². The molecule has 2 aromatic carbocycles. The first kappa shape index (κ1) is 15.5. The summed E-state index contributed by atoms with van der Waals surface area (Å²) in [5, 5.41) is 13.4. The van der Waals surface area contributed by atoms with Crippen molar-refractivity contribution in [3.63, 3.8) is 0 Å². The Kier molecular flexibility index (Phi) is 4.38. The minimum Gasteiger partial charge on any atom is -0.507 e. The monoisotopic (exact) mass is 324 g/mol. The standard InChI is InChI=1S/C18H13FN2O3/c19-14-7-5-12(6-8-14)16-9-10-17(24-16)18(23)21-20-11-13-3-1-2-4-15(13)22/h1-11,22H,(H,21,23)/b20-11+. The molecule has 0 aliphatic rings. The van der Waals surface area contributed by atoms with Crippen LogP contribution in [0, 0.1) is 5.82 Å². The van der Waals surface area contributed by atoms with Crippen LogP contribution in [0.3, 0.4) is 0 Å². The second kappa shape index (κ2) is 6.78. The predicted molar refractivity (Wildman–Crippen MR) is 87.3 cm³/mol. The summed E-state index contributed by atoms with van der Waals surface area (Å²) in [6.45, 7) is 0. The molecular formula is C18H13FN2O3. The molecule has 0 aliphatic heterocycles. The van der Waals surface area contributed by atoms with Gasteiger partial charge in [0.2, 0.25) is 0 Å². The lowest BCUT2D eigenvalue weighted by atomic mass is 10.2. The molecule has 2 N–H and O–H groups in total. The van der Waals surface area contributed by atoms with Gasteiger partial charge in [-0.15, -0.1) is 0 Å². The number of phenolic OH excluding ortho intramolecular Hbond substituents is 1. The molecule has 0 saturated carbocycles. The van der Waals surface area contributed by atoms with E-state index in [0.717, 1.165) is 0 Å². The van der Waals surface area contributed by atoms with Crippen LogP contribution in [0.2, 0.25) is 0 Å². The number of hydrogen-bond donors (Lipinski definition) is 2. The largest absolute Gasteiger partial charge is 0.507 e. The second-order valence-electron chi connectivity index (χ2n) is 4.93. The van der Waals surface area contributed by atoms with Gasteiger partial charge < -0.3 is 9.52 Å². The zero-order valence-corrected chi connectivity index (χ0v) is 12.4. The Morgan fingerprint density at radius 1 is 1.08 bits per heavy atom. The van der Waals surface area contributed by atoms with E-state index in [2.05, 4.69) is 10.5 Å². The summed E-state index contributed by atoms with van der Waals surface area (Å²) in [6.07, 6.45) is 1.33. The van der Waals surface area contributed by atoms with Crippen molar-refractivity contribution in [1.82, 2.24) is 5.43 Å². The molecular weight excluding hydrogens is 311 g/mol. The Labute approximate surface area is 137 Å². The van der Waals surface area contributed by atoms with E-state index in [9.17, 15) is 14.3 Å². The second-order valence-corrected chi connectivity index (χ2v) is 4.93. The highest BCUT2D eigenvalue weighted by molar-refractivity contribution is 5.93. The molecule has 1 aromatic heterocycles. The average Bonchev–Trinajstić information content (AvgIpc) is 3.07. The first-order valence-corrected chi connectivity index (χ1v) is 7.10. The number of furan rings is 1. The molecule has 120 valence electrons. The molecule has 0 saturated heterocycles. The van der Waals surface area contributed by atoms with Gasteiger partial charge in [-0.05, 0) is 48.5 Å². The minimum absolute atomic E-state index is 0.0621. The van der Waals surface area contributed by atoms with E-state index < -0.39 is 5.91 Å². The number of benzene rings is 2. The van der Waals surface area contributed by atoms with E-state index in [1.54, 1.807) is 36.4 Å². The SMILES string of the molecule is O=C(N/N=C/c1ccccc1O)c1ccc(-c2ccc(F)cc2)o1. The van der Waals surface area contributed by atoms with Gasteiger partial charge in [0.15, 0.2) is 5.76 Å². The van der Waals surface area contributed by atoms with Crippen molar-refractivity contribution in [2.75, 3.05) is 0 Å². The number of carbonyl (C=O) groups excluding carboxylic acids is 1. The van der Waals surface area contributed by atoms with Gasteiger partial charge in [0, 0.05) is 11.1 Å². The topological polar surface area (TPSA) is 74.8 Å². The van der Waals surface area contributed by atoms with E-state index in [0.29, 0.717) is 16.9 Å². The number of para-hydroxylation sites is 1. The van der Waals surface area contributed by atoms with Crippen LogP contribution in [0.15, 0.2) is 70.2 Å². The molecule has 0 spiro atoms. The summed E-state index contributed by atoms with van der Waals surface area (Å²) < 4.78 is 18.4. The number of rotatable bonds is 4. The average molecular weight is 324 g/mol. The Morgan fingerprint density at radius 2 is 1.83 bits per heavy atom. The summed E-state index contributed by atoms with van der Waals surface area (Å²) in [4.78, 5) is 12.0. The van der Waals surface area contributed by atoms with Crippen molar-refractivity contribution in [3.05, 3.63) is 77.8 Å². The first-order chi connectivity index (χ1) is 11.6. The maximum atomic E-state index is 12.9. The van der Waals surface area contributed by atoms with Crippen LogP contribution in [-0.4, -0.2) is 17.2 Å². The van der Waals surface area contributed by atoms with Gasteiger partial charge in [0.05, 0.1) is 6.21 Å². The van der Waals surface area contributed by atoms with Crippen molar-refractivity contribution in [3.8, 4) is 17.1 Å². The molecule has 1 heterocycles.